The third-order valence-corrected chi connectivity index (χ3v) is 5.59. The van der Waals surface area contributed by atoms with Crippen LogP contribution in [0.4, 0.5) is 0 Å². The van der Waals surface area contributed by atoms with Gasteiger partial charge in [-0.25, -0.2) is 0 Å². The molecule has 2 aromatic carbocycles. The largest absolute Gasteiger partial charge is 0.497 e. The van der Waals surface area contributed by atoms with Gasteiger partial charge >= 0.3 is 0 Å². The number of carbonyl (C=O) groups excluding carboxylic acids is 1. The Bertz CT molecular complexity index is 993. The Balaban J connectivity index is 1.44. The fraction of sp³-hybridized carbons (Fsp3) is 0.375. The van der Waals surface area contributed by atoms with Gasteiger partial charge in [0.1, 0.15) is 23.9 Å². The molecule has 0 N–H and O–H groups in total. The summed E-state index contributed by atoms with van der Waals surface area (Å²) in [6, 6.07) is 15.8. The van der Waals surface area contributed by atoms with Crippen LogP contribution < -0.4 is 4.74 Å². The number of Topliss-reactive ketones (excluding diaryl/α,β-unsaturated/α-hetero) is 1. The van der Waals surface area contributed by atoms with Crippen molar-refractivity contribution < 1.29 is 18.7 Å². The molecule has 0 spiro atoms. The molecule has 1 saturated heterocycles. The lowest BCUT2D eigenvalue weighted by molar-refractivity contribution is 0.0800. The third kappa shape index (κ3) is 4.52. The van der Waals surface area contributed by atoms with Crippen molar-refractivity contribution in [3.05, 3.63) is 65.6 Å². The van der Waals surface area contributed by atoms with E-state index in [4.69, 9.17) is 13.9 Å². The van der Waals surface area contributed by atoms with Gasteiger partial charge in [-0.1, -0.05) is 18.2 Å². The lowest BCUT2D eigenvalue weighted by atomic mass is 9.89. The summed E-state index contributed by atoms with van der Waals surface area (Å²) in [6.45, 7) is 2.96. The van der Waals surface area contributed by atoms with E-state index in [2.05, 4.69) is 4.90 Å². The predicted molar refractivity (Wildman–Crippen MR) is 112 cm³/mol. The Morgan fingerprint density at radius 2 is 1.86 bits per heavy atom. The van der Waals surface area contributed by atoms with E-state index < -0.39 is 0 Å². The molecular formula is C24H27NO4. The van der Waals surface area contributed by atoms with Gasteiger partial charge in [0.05, 0.1) is 13.7 Å². The van der Waals surface area contributed by atoms with Crippen molar-refractivity contribution in [1.82, 2.24) is 4.90 Å². The Morgan fingerprint density at radius 1 is 1.07 bits per heavy atom. The molecule has 1 fully saturated rings. The maximum atomic E-state index is 13.2. The van der Waals surface area contributed by atoms with E-state index in [1.807, 2.05) is 48.5 Å². The van der Waals surface area contributed by atoms with E-state index in [1.165, 1.54) is 0 Å². The van der Waals surface area contributed by atoms with Crippen LogP contribution in [0.3, 0.4) is 0 Å². The van der Waals surface area contributed by atoms with Gasteiger partial charge in [-0.2, -0.15) is 0 Å². The summed E-state index contributed by atoms with van der Waals surface area (Å²) in [7, 11) is 3.32. The summed E-state index contributed by atoms with van der Waals surface area (Å²) in [5, 5.41) is 2.14. The maximum absolute atomic E-state index is 13.2. The third-order valence-electron chi connectivity index (χ3n) is 5.59. The van der Waals surface area contributed by atoms with Gasteiger partial charge < -0.3 is 13.9 Å². The lowest BCUT2D eigenvalue weighted by Crippen LogP contribution is -2.38. The fourth-order valence-electron chi connectivity index (χ4n) is 4.10. The average Bonchev–Trinajstić information content (AvgIpc) is 3.19. The Morgan fingerprint density at radius 3 is 2.69 bits per heavy atom. The number of benzene rings is 2. The number of hydrogen-bond acceptors (Lipinski definition) is 5. The number of nitrogens with zero attached hydrogens (tertiary/aromatic N) is 1. The summed E-state index contributed by atoms with van der Waals surface area (Å²) in [6.07, 6.45) is 1.95. The standard InChI is InChI=1S/C24H27NO4/c1-27-16-23-10-9-22(29-23)15-25-11-3-4-20(14-25)24(26)19-6-5-18-13-21(28-2)8-7-17(18)12-19/h5-10,12-13,20H,3-4,11,14-16H2,1-2H3/t20-/m1/s1. The van der Waals surface area contributed by atoms with Gasteiger partial charge in [-0.05, 0) is 60.5 Å². The van der Waals surface area contributed by atoms with Crippen LogP contribution in [-0.4, -0.2) is 38.0 Å². The number of furan rings is 1. The molecule has 0 saturated carbocycles. The van der Waals surface area contributed by atoms with Crippen LogP contribution in [0, 0.1) is 5.92 Å². The molecule has 1 aliphatic heterocycles. The van der Waals surface area contributed by atoms with Crippen LogP contribution >= 0.6 is 0 Å². The minimum atomic E-state index is 0.0212. The van der Waals surface area contributed by atoms with Crippen molar-refractivity contribution in [2.45, 2.75) is 26.0 Å². The van der Waals surface area contributed by atoms with Crippen molar-refractivity contribution in [3.63, 3.8) is 0 Å². The number of ether oxygens (including phenoxy) is 2. The molecule has 0 amide bonds. The molecule has 152 valence electrons. The second kappa shape index (κ2) is 8.80. The van der Waals surface area contributed by atoms with E-state index in [0.29, 0.717) is 6.61 Å². The number of ketones is 1. The number of rotatable bonds is 7. The van der Waals surface area contributed by atoms with E-state index in [-0.39, 0.29) is 11.7 Å². The summed E-state index contributed by atoms with van der Waals surface area (Å²) in [4.78, 5) is 15.5. The lowest BCUT2D eigenvalue weighted by Gasteiger charge is -2.31. The molecule has 1 aromatic heterocycles. The topological polar surface area (TPSA) is 51.9 Å². The quantitative estimate of drug-likeness (QED) is 0.546. The molecule has 0 aliphatic carbocycles. The summed E-state index contributed by atoms with van der Waals surface area (Å²) >= 11 is 0. The van der Waals surface area contributed by atoms with E-state index >= 15 is 0 Å². The number of hydrogen-bond donors (Lipinski definition) is 0. The molecule has 1 atom stereocenters. The normalized spacial score (nSPS) is 17.5. The SMILES string of the molecule is COCc1ccc(CN2CCC[C@@H](C(=O)c3ccc4cc(OC)ccc4c3)C2)o1. The number of methoxy groups -OCH3 is 2. The van der Waals surface area contributed by atoms with Crippen molar-refractivity contribution >= 4 is 16.6 Å². The highest BCUT2D eigenvalue weighted by molar-refractivity contribution is 6.01. The van der Waals surface area contributed by atoms with E-state index in [0.717, 1.165) is 66.1 Å². The first-order valence-electron chi connectivity index (χ1n) is 10.1. The van der Waals surface area contributed by atoms with E-state index in [9.17, 15) is 4.79 Å². The highest BCUT2D eigenvalue weighted by Crippen LogP contribution is 2.26. The van der Waals surface area contributed by atoms with Gasteiger partial charge in [-0.3, -0.25) is 9.69 Å². The monoisotopic (exact) mass is 393 g/mol. The minimum absolute atomic E-state index is 0.0212. The molecule has 3 aromatic rings. The summed E-state index contributed by atoms with van der Waals surface area (Å²) in [5.74, 6) is 2.83. The second-order valence-electron chi connectivity index (χ2n) is 7.67. The predicted octanol–water partition coefficient (Wildman–Crippen LogP) is 4.68. The average molecular weight is 393 g/mol. The van der Waals surface area contributed by atoms with Crippen molar-refractivity contribution in [2.24, 2.45) is 5.92 Å². The van der Waals surface area contributed by atoms with Gasteiger partial charge in [0, 0.05) is 25.1 Å². The van der Waals surface area contributed by atoms with Crippen LogP contribution in [0.1, 0.15) is 34.7 Å². The Labute approximate surface area is 171 Å². The molecule has 5 nitrogen and oxygen atoms in total. The molecule has 2 heterocycles. The fourth-order valence-corrected chi connectivity index (χ4v) is 4.10. The first-order chi connectivity index (χ1) is 14.2. The number of likely N-dealkylation sites (tertiary alicyclic amines) is 1. The highest BCUT2D eigenvalue weighted by Gasteiger charge is 2.27. The van der Waals surface area contributed by atoms with Crippen molar-refractivity contribution in [1.29, 1.82) is 0 Å². The first-order valence-corrected chi connectivity index (χ1v) is 10.1. The summed E-state index contributed by atoms with van der Waals surface area (Å²) < 4.78 is 16.2. The Kier molecular flexibility index (Phi) is 5.97. The number of piperidine rings is 1. The van der Waals surface area contributed by atoms with Crippen LogP contribution in [0.5, 0.6) is 5.75 Å². The zero-order chi connectivity index (χ0) is 20.2. The molecule has 0 unspecified atom stereocenters. The molecule has 4 rings (SSSR count). The first kappa shape index (κ1) is 19.7. The molecular weight excluding hydrogens is 366 g/mol. The maximum Gasteiger partial charge on any atom is 0.167 e. The van der Waals surface area contributed by atoms with Gasteiger partial charge in [-0.15, -0.1) is 0 Å². The van der Waals surface area contributed by atoms with Crippen LogP contribution in [0.2, 0.25) is 0 Å². The van der Waals surface area contributed by atoms with Gasteiger partial charge in [0.15, 0.2) is 5.78 Å². The minimum Gasteiger partial charge on any atom is -0.497 e. The van der Waals surface area contributed by atoms with Crippen LogP contribution in [0.25, 0.3) is 10.8 Å². The molecule has 0 bridgehead atoms. The van der Waals surface area contributed by atoms with Gasteiger partial charge in [0.2, 0.25) is 0 Å². The van der Waals surface area contributed by atoms with Crippen molar-refractivity contribution in [2.75, 3.05) is 27.3 Å². The van der Waals surface area contributed by atoms with E-state index in [1.54, 1.807) is 14.2 Å². The Hall–Kier alpha value is -2.63. The number of carbonyl (C=O) groups is 1. The van der Waals surface area contributed by atoms with Crippen LogP contribution in [-0.2, 0) is 17.9 Å². The molecule has 0 radical (unpaired) electrons. The molecule has 5 heteroatoms. The number of fused-ring (bicyclic) bond motifs is 1. The smallest absolute Gasteiger partial charge is 0.167 e. The van der Waals surface area contributed by atoms with Crippen LogP contribution in [0.15, 0.2) is 52.9 Å². The molecule has 1 aliphatic rings. The second-order valence-corrected chi connectivity index (χ2v) is 7.67. The summed E-state index contributed by atoms with van der Waals surface area (Å²) in [5.41, 5.74) is 0.787. The molecule has 29 heavy (non-hydrogen) atoms. The zero-order valence-corrected chi connectivity index (χ0v) is 17.0. The van der Waals surface area contributed by atoms with Gasteiger partial charge in [0.25, 0.3) is 0 Å². The highest BCUT2D eigenvalue weighted by atomic mass is 16.5. The zero-order valence-electron chi connectivity index (χ0n) is 17.0. The van der Waals surface area contributed by atoms with Crippen molar-refractivity contribution in [3.8, 4) is 5.75 Å².